The fraction of sp³-hybridized carbons (Fsp3) is 0.182. The molecular formula is C11H11ClN4O2. The Balaban J connectivity index is 2.31. The van der Waals surface area contributed by atoms with Gasteiger partial charge in [0.05, 0.1) is 12.1 Å². The quantitative estimate of drug-likeness (QED) is 0.887. The third-order valence-corrected chi connectivity index (χ3v) is 2.59. The van der Waals surface area contributed by atoms with E-state index in [1.165, 1.54) is 0 Å². The monoisotopic (exact) mass is 266 g/mol. The molecular weight excluding hydrogens is 256 g/mol. The molecule has 0 saturated carbocycles. The fourth-order valence-electron chi connectivity index (χ4n) is 1.39. The second kappa shape index (κ2) is 5.05. The molecule has 6 nitrogen and oxygen atoms in total. The Morgan fingerprint density at radius 3 is 2.89 bits per heavy atom. The molecule has 0 aliphatic heterocycles. The number of ether oxygens (including phenoxy) is 1. The van der Waals surface area contributed by atoms with E-state index in [1.54, 1.807) is 32.2 Å². The Labute approximate surface area is 108 Å². The number of nitrogens with zero attached hydrogens (tertiary/aromatic N) is 2. The van der Waals surface area contributed by atoms with Crippen LogP contribution in [0.3, 0.4) is 0 Å². The lowest BCUT2D eigenvalue weighted by atomic mass is 10.3. The predicted octanol–water partition coefficient (Wildman–Crippen LogP) is 1.88. The second-order valence-electron chi connectivity index (χ2n) is 3.55. The molecule has 18 heavy (non-hydrogen) atoms. The lowest BCUT2D eigenvalue weighted by molar-refractivity contribution is 0.415. The van der Waals surface area contributed by atoms with Gasteiger partial charge in [0.15, 0.2) is 5.82 Å². The molecule has 7 heteroatoms. The van der Waals surface area contributed by atoms with Crippen LogP contribution in [0.25, 0.3) is 0 Å². The standard InChI is InChI=1S/C11H11ClN4O2/c1-6-10(14-11(17)16-15-6)13-7-3-4-9(18-2)8(12)5-7/h3-5H,1-2H3,(H2,13,14,16,17). The summed E-state index contributed by atoms with van der Waals surface area (Å²) in [5, 5.41) is 9.51. The lowest BCUT2D eigenvalue weighted by Crippen LogP contribution is -2.15. The molecule has 0 radical (unpaired) electrons. The first-order valence-electron chi connectivity index (χ1n) is 5.14. The van der Waals surface area contributed by atoms with E-state index >= 15 is 0 Å². The van der Waals surface area contributed by atoms with Crippen LogP contribution in [0.2, 0.25) is 5.02 Å². The topological polar surface area (TPSA) is 79.9 Å². The molecule has 0 fully saturated rings. The van der Waals surface area contributed by atoms with Gasteiger partial charge in [-0.05, 0) is 25.1 Å². The summed E-state index contributed by atoms with van der Waals surface area (Å²) in [5.41, 5.74) is 0.771. The van der Waals surface area contributed by atoms with Gasteiger partial charge in [-0.1, -0.05) is 11.6 Å². The largest absolute Gasteiger partial charge is 0.495 e. The highest BCUT2D eigenvalue weighted by molar-refractivity contribution is 6.32. The minimum absolute atomic E-state index is 0.389. The summed E-state index contributed by atoms with van der Waals surface area (Å²) in [4.78, 5) is 14.9. The first-order chi connectivity index (χ1) is 8.60. The molecule has 2 N–H and O–H groups in total. The van der Waals surface area contributed by atoms with Crippen LogP contribution in [-0.4, -0.2) is 22.3 Å². The van der Waals surface area contributed by atoms with Gasteiger partial charge in [-0.2, -0.15) is 10.1 Å². The van der Waals surface area contributed by atoms with Crippen LogP contribution in [-0.2, 0) is 0 Å². The molecule has 1 heterocycles. The van der Waals surface area contributed by atoms with E-state index in [9.17, 15) is 4.79 Å². The van der Waals surface area contributed by atoms with Crippen LogP contribution in [0.4, 0.5) is 11.5 Å². The van der Waals surface area contributed by atoms with Crippen molar-refractivity contribution in [3.05, 3.63) is 39.4 Å². The highest BCUT2D eigenvalue weighted by Gasteiger charge is 2.05. The van der Waals surface area contributed by atoms with E-state index < -0.39 is 5.69 Å². The van der Waals surface area contributed by atoms with E-state index in [0.29, 0.717) is 28.0 Å². The van der Waals surface area contributed by atoms with Crippen LogP contribution in [0, 0.1) is 6.92 Å². The van der Waals surface area contributed by atoms with Crippen molar-refractivity contribution >= 4 is 23.1 Å². The van der Waals surface area contributed by atoms with E-state index in [-0.39, 0.29) is 0 Å². The van der Waals surface area contributed by atoms with Crippen molar-refractivity contribution in [3.63, 3.8) is 0 Å². The maximum absolute atomic E-state index is 11.1. The highest BCUT2D eigenvalue weighted by atomic mass is 35.5. The van der Waals surface area contributed by atoms with Crippen molar-refractivity contribution in [1.29, 1.82) is 0 Å². The lowest BCUT2D eigenvalue weighted by Gasteiger charge is -2.09. The van der Waals surface area contributed by atoms with Gasteiger partial charge in [-0.25, -0.2) is 9.89 Å². The molecule has 1 aromatic heterocycles. The molecule has 2 rings (SSSR count). The van der Waals surface area contributed by atoms with E-state index in [4.69, 9.17) is 16.3 Å². The number of nitrogens with one attached hydrogen (secondary N) is 2. The van der Waals surface area contributed by atoms with Crippen LogP contribution in [0.15, 0.2) is 23.0 Å². The summed E-state index contributed by atoms with van der Waals surface area (Å²) in [7, 11) is 1.54. The number of aromatic nitrogens is 3. The molecule has 0 saturated heterocycles. The van der Waals surface area contributed by atoms with Crippen molar-refractivity contribution in [2.75, 3.05) is 12.4 Å². The van der Waals surface area contributed by atoms with Crippen molar-refractivity contribution in [2.45, 2.75) is 6.92 Å². The Morgan fingerprint density at radius 1 is 1.44 bits per heavy atom. The van der Waals surface area contributed by atoms with Crippen LogP contribution in [0.5, 0.6) is 5.75 Å². The zero-order chi connectivity index (χ0) is 13.1. The van der Waals surface area contributed by atoms with Crippen LogP contribution in [0.1, 0.15) is 5.69 Å². The first-order valence-corrected chi connectivity index (χ1v) is 5.52. The summed E-state index contributed by atoms with van der Waals surface area (Å²) in [6.07, 6.45) is 0. The molecule has 0 aliphatic carbocycles. The van der Waals surface area contributed by atoms with Gasteiger partial charge in [0.2, 0.25) is 0 Å². The van der Waals surface area contributed by atoms with Crippen molar-refractivity contribution in [2.24, 2.45) is 0 Å². The number of H-pyrrole nitrogens is 1. The van der Waals surface area contributed by atoms with Crippen LogP contribution < -0.4 is 15.7 Å². The zero-order valence-electron chi connectivity index (χ0n) is 9.82. The van der Waals surface area contributed by atoms with E-state index in [1.807, 2.05) is 0 Å². The molecule has 0 atom stereocenters. The molecule has 1 aromatic carbocycles. The molecule has 2 aromatic rings. The number of halogens is 1. The number of aromatic amines is 1. The number of hydrogen-bond donors (Lipinski definition) is 2. The number of benzene rings is 1. The highest BCUT2D eigenvalue weighted by Crippen LogP contribution is 2.28. The number of methoxy groups -OCH3 is 1. The number of hydrogen-bond acceptors (Lipinski definition) is 5. The SMILES string of the molecule is COc1ccc(Nc2nc(=O)[nH]nc2C)cc1Cl. The van der Waals surface area contributed by atoms with Crippen LogP contribution >= 0.6 is 11.6 Å². The van der Waals surface area contributed by atoms with Crippen molar-refractivity contribution in [3.8, 4) is 5.75 Å². The Morgan fingerprint density at radius 2 is 2.22 bits per heavy atom. The zero-order valence-corrected chi connectivity index (χ0v) is 10.6. The minimum atomic E-state index is -0.511. The molecule has 94 valence electrons. The maximum Gasteiger partial charge on any atom is 0.363 e. The van der Waals surface area contributed by atoms with Gasteiger partial charge in [0.1, 0.15) is 11.4 Å². The number of aryl methyl sites for hydroxylation is 1. The Kier molecular flexibility index (Phi) is 3.47. The smallest absolute Gasteiger partial charge is 0.363 e. The molecule has 0 bridgehead atoms. The van der Waals surface area contributed by atoms with E-state index in [0.717, 1.165) is 0 Å². The summed E-state index contributed by atoms with van der Waals surface area (Å²) in [6.45, 7) is 1.73. The number of anilines is 2. The van der Waals surface area contributed by atoms with Gasteiger partial charge in [-0.15, -0.1) is 0 Å². The van der Waals surface area contributed by atoms with Crippen molar-refractivity contribution in [1.82, 2.24) is 15.2 Å². The maximum atomic E-state index is 11.1. The van der Waals surface area contributed by atoms with Gasteiger partial charge in [-0.3, -0.25) is 0 Å². The molecule has 0 amide bonds. The fourth-order valence-corrected chi connectivity index (χ4v) is 1.65. The van der Waals surface area contributed by atoms with Gasteiger partial charge < -0.3 is 10.1 Å². The summed E-state index contributed by atoms with van der Waals surface area (Å²) in [5.74, 6) is 0.968. The summed E-state index contributed by atoms with van der Waals surface area (Å²) >= 11 is 6.00. The summed E-state index contributed by atoms with van der Waals surface area (Å²) in [6, 6.07) is 5.18. The van der Waals surface area contributed by atoms with Gasteiger partial charge in [0, 0.05) is 5.69 Å². The number of rotatable bonds is 3. The minimum Gasteiger partial charge on any atom is -0.495 e. The Bertz CT molecular complexity index is 627. The predicted molar refractivity (Wildman–Crippen MR) is 68.7 cm³/mol. The molecule has 0 unspecified atom stereocenters. The Hall–Kier alpha value is -2.08. The van der Waals surface area contributed by atoms with Gasteiger partial charge >= 0.3 is 5.69 Å². The summed E-state index contributed by atoms with van der Waals surface area (Å²) < 4.78 is 5.05. The van der Waals surface area contributed by atoms with E-state index in [2.05, 4.69) is 20.5 Å². The first kappa shape index (κ1) is 12.4. The third kappa shape index (κ3) is 2.60. The molecule has 0 aliphatic rings. The second-order valence-corrected chi connectivity index (χ2v) is 3.96. The third-order valence-electron chi connectivity index (χ3n) is 2.29. The van der Waals surface area contributed by atoms with Gasteiger partial charge in [0.25, 0.3) is 0 Å². The average Bonchev–Trinajstić information content (AvgIpc) is 2.34. The van der Waals surface area contributed by atoms with Crippen molar-refractivity contribution < 1.29 is 4.74 Å². The molecule has 0 spiro atoms. The average molecular weight is 267 g/mol. The normalized spacial score (nSPS) is 10.2.